The number of carbonyl (C=O) groups excluding carboxylic acids is 2. The zero-order valence-electron chi connectivity index (χ0n) is 14.1. The summed E-state index contributed by atoms with van der Waals surface area (Å²) in [5, 5.41) is 2.60. The van der Waals surface area contributed by atoms with Crippen LogP contribution in [0.3, 0.4) is 0 Å². The zero-order chi connectivity index (χ0) is 18.2. The summed E-state index contributed by atoms with van der Waals surface area (Å²) in [6, 6.07) is 13.2. The molecule has 0 saturated carbocycles. The third kappa shape index (κ3) is 4.84. The molecule has 0 spiro atoms. The summed E-state index contributed by atoms with van der Waals surface area (Å²) >= 11 is 0. The lowest BCUT2D eigenvalue weighted by molar-refractivity contribution is -0.125. The monoisotopic (exact) mass is 340 g/mol. The largest absolute Gasteiger partial charge is 0.497 e. The van der Waals surface area contributed by atoms with Crippen molar-refractivity contribution in [1.29, 1.82) is 0 Å². The van der Waals surface area contributed by atoms with Crippen molar-refractivity contribution in [3.63, 3.8) is 0 Å². The Morgan fingerprint density at radius 3 is 2.40 bits per heavy atom. The molecule has 6 nitrogen and oxygen atoms in total. The predicted molar refractivity (Wildman–Crippen MR) is 95.1 cm³/mol. The highest BCUT2D eigenvalue weighted by Crippen LogP contribution is 2.25. The Morgan fingerprint density at radius 2 is 1.80 bits per heavy atom. The Morgan fingerprint density at radius 1 is 1.08 bits per heavy atom. The first-order valence-electron chi connectivity index (χ1n) is 7.60. The van der Waals surface area contributed by atoms with Crippen LogP contribution in [0.25, 0.3) is 6.08 Å². The van der Waals surface area contributed by atoms with Crippen LogP contribution in [-0.4, -0.2) is 26.0 Å². The van der Waals surface area contributed by atoms with Gasteiger partial charge in [0, 0.05) is 17.7 Å². The maximum Gasteiger partial charge on any atom is 0.244 e. The molecule has 3 N–H and O–H groups in total. The van der Waals surface area contributed by atoms with E-state index < -0.39 is 17.9 Å². The molecular formula is C19H20N2O4. The third-order valence-corrected chi connectivity index (χ3v) is 3.56. The van der Waals surface area contributed by atoms with Gasteiger partial charge in [0.1, 0.15) is 17.5 Å². The summed E-state index contributed by atoms with van der Waals surface area (Å²) < 4.78 is 10.4. The molecule has 0 aromatic heterocycles. The molecule has 130 valence electrons. The highest BCUT2D eigenvalue weighted by molar-refractivity contribution is 5.95. The van der Waals surface area contributed by atoms with E-state index in [4.69, 9.17) is 15.2 Å². The second-order valence-electron chi connectivity index (χ2n) is 5.20. The van der Waals surface area contributed by atoms with Crippen LogP contribution in [0.2, 0.25) is 0 Å². The van der Waals surface area contributed by atoms with E-state index in [1.165, 1.54) is 13.2 Å². The number of amides is 2. The smallest absolute Gasteiger partial charge is 0.244 e. The molecule has 0 aliphatic heterocycles. The maximum atomic E-state index is 12.2. The first kappa shape index (κ1) is 18.1. The van der Waals surface area contributed by atoms with Crippen LogP contribution >= 0.6 is 0 Å². The second kappa shape index (κ2) is 8.54. The number of hydrogen-bond acceptors (Lipinski definition) is 4. The normalized spacial score (nSPS) is 11.8. The fourth-order valence-electron chi connectivity index (χ4n) is 2.28. The van der Waals surface area contributed by atoms with Crippen LogP contribution in [0.4, 0.5) is 0 Å². The molecule has 1 atom stereocenters. The summed E-state index contributed by atoms with van der Waals surface area (Å²) in [6.45, 7) is 0. The molecule has 0 fully saturated rings. The lowest BCUT2D eigenvalue weighted by Gasteiger charge is -2.14. The fraction of sp³-hybridized carbons (Fsp3) is 0.158. The number of ether oxygens (including phenoxy) is 2. The molecule has 2 aromatic carbocycles. The Labute approximate surface area is 146 Å². The molecule has 2 amide bonds. The van der Waals surface area contributed by atoms with E-state index in [0.717, 1.165) is 0 Å². The first-order valence-corrected chi connectivity index (χ1v) is 7.60. The third-order valence-electron chi connectivity index (χ3n) is 3.56. The van der Waals surface area contributed by atoms with E-state index in [9.17, 15) is 9.59 Å². The molecular weight excluding hydrogens is 320 g/mol. The van der Waals surface area contributed by atoms with Crippen molar-refractivity contribution >= 4 is 17.9 Å². The Bertz CT molecular complexity index is 772. The van der Waals surface area contributed by atoms with Crippen molar-refractivity contribution < 1.29 is 19.1 Å². The summed E-state index contributed by atoms with van der Waals surface area (Å²) in [6.07, 6.45) is 2.92. The van der Waals surface area contributed by atoms with E-state index in [1.807, 2.05) is 6.07 Å². The molecule has 0 aliphatic rings. The van der Waals surface area contributed by atoms with Gasteiger partial charge in [0.25, 0.3) is 0 Å². The number of carbonyl (C=O) groups is 2. The minimum Gasteiger partial charge on any atom is -0.497 e. The van der Waals surface area contributed by atoms with Gasteiger partial charge in [0.15, 0.2) is 0 Å². The highest BCUT2D eigenvalue weighted by Gasteiger charge is 2.18. The molecule has 0 saturated heterocycles. The quantitative estimate of drug-likeness (QED) is 0.755. The van der Waals surface area contributed by atoms with Gasteiger partial charge in [0.2, 0.25) is 11.8 Å². The van der Waals surface area contributed by atoms with Gasteiger partial charge in [-0.05, 0) is 23.8 Å². The molecule has 6 heteroatoms. The van der Waals surface area contributed by atoms with Crippen molar-refractivity contribution in [2.45, 2.75) is 6.04 Å². The van der Waals surface area contributed by atoms with Crippen LogP contribution in [0.1, 0.15) is 17.2 Å². The van der Waals surface area contributed by atoms with Gasteiger partial charge in [-0.25, -0.2) is 0 Å². The number of benzene rings is 2. The predicted octanol–water partition coefficient (Wildman–Crippen LogP) is 2.06. The van der Waals surface area contributed by atoms with Crippen molar-refractivity contribution in [3.8, 4) is 11.5 Å². The molecule has 0 aliphatic carbocycles. The number of nitrogens with one attached hydrogen (secondary N) is 1. The first-order chi connectivity index (χ1) is 12.0. The number of primary amides is 1. The van der Waals surface area contributed by atoms with Crippen LogP contribution in [0.5, 0.6) is 11.5 Å². The van der Waals surface area contributed by atoms with Crippen LogP contribution < -0.4 is 20.5 Å². The number of nitrogens with two attached hydrogens (primary N) is 1. The number of hydrogen-bond donors (Lipinski definition) is 2. The van der Waals surface area contributed by atoms with E-state index in [1.54, 1.807) is 55.7 Å². The molecule has 25 heavy (non-hydrogen) atoms. The topological polar surface area (TPSA) is 90.6 Å². The van der Waals surface area contributed by atoms with Crippen LogP contribution in [-0.2, 0) is 9.59 Å². The van der Waals surface area contributed by atoms with E-state index in [-0.39, 0.29) is 0 Å². The summed E-state index contributed by atoms with van der Waals surface area (Å²) in [7, 11) is 3.09. The van der Waals surface area contributed by atoms with Gasteiger partial charge in [-0.2, -0.15) is 0 Å². The van der Waals surface area contributed by atoms with E-state index in [2.05, 4.69) is 5.32 Å². The minimum atomic E-state index is -0.892. The SMILES string of the molecule is COc1ccc(/C=C/C(=O)NC(C(N)=O)c2ccccc2)c(OC)c1. The standard InChI is InChI=1S/C19H20N2O4/c1-24-15-10-8-13(16(12-15)25-2)9-11-17(22)21-18(19(20)23)14-6-4-3-5-7-14/h3-12,18H,1-2H3,(H2,20,23)(H,21,22)/b11-9+. The fourth-order valence-corrected chi connectivity index (χ4v) is 2.28. The molecule has 0 heterocycles. The lowest BCUT2D eigenvalue weighted by atomic mass is 10.1. The van der Waals surface area contributed by atoms with Gasteiger partial charge in [-0.3, -0.25) is 9.59 Å². The molecule has 0 radical (unpaired) electrons. The van der Waals surface area contributed by atoms with Crippen LogP contribution in [0.15, 0.2) is 54.6 Å². The van der Waals surface area contributed by atoms with Crippen molar-refractivity contribution in [3.05, 3.63) is 65.7 Å². The van der Waals surface area contributed by atoms with Crippen molar-refractivity contribution in [2.24, 2.45) is 5.73 Å². The molecule has 2 rings (SSSR count). The average molecular weight is 340 g/mol. The van der Waals surface area contributed by atoms with Gasteiger partial charge in [-0.1, -0.05) is 30.3 Å². The van der Waals surface area contributed by atoms with Crippen LogP contribution in [0, 0.1) is 0 Å². The Balaban J connectivity index is 2.13. The summed E-state index contributed by atoms with van der Waals surface area (Å²) in [4.78, 5) is 23.8. The van der Waals surface area contributed by atoms with Crippen molar-refractivity contribution in [2.75, 3.05) is 14.2 Å². The highest BCUT2D eigenvalue weighted by atomic mass is 16.5. The van der Waals surface area contributed by atoms with Gasteiger partial charge in [0.05, 0.1) is 14.2 Å². The van der Waals surface area contributed by atoms with Gasteiger partial charge >= 0.3 is 0 Å². The number of methoxy groups -OCH3 is 2. The Kier molecular flexibility index (Phi) is 6.17. The van der Waals surface area contributed by atoms with Gasteiger partial charge in [-0.15, -0.1) is 0 Å². The lowest BCUT2D eigenvalue weighted by Crippen LogP contribution is -2.36. The maximum absolute atomic E-state index is 12.2. The minimum absolute atomic E-state index is 0.439. The zero-order valence-corrected chi connectivity index (χ0v) is 14.1. The van der Waals surface area contributed by atoms with Crippen molar-refractivity contribution in [1.82, 2.24) is 5.32 Å². The van der Waals surface area contributed by atoms with Gasteiger partial charge < -0.3 is 20.5 Å². The Hall–Kier alpha value is -3.28. The molecule has 1 unspecified atom stereocenters. The number of rotatable bonds is 7. The molecule has 2 aromatic rings. The average Bonchev–Trinajstić information content (AvgIpc) is 2.64. The van der Waals surface area contributed by atoms with E-state index in [0.29, 0.717) is 22.6 Å². The van der Waals surface area contributed by atoms with E-state index >= 15 is 0 Å². The molecule has 0 bridgehead atoms. The summed E-state index contributed by atoms with van der Waals surface area (Å²) in [5.41, 5.74) is 6.72. The second-order valence-corrected chi connectivity index (χ2v) is 5.20. The summed E-state index contributed by atoms with van der Waals surface area (Å²) in [5.74, 6) is 0.148.